The standard InChI is InChI=1S/C15H21NO3/c1-10-9-11(15(2,3)4)5-6-12(10)16-13(17)7-8-14(18)19/h5-6,9H,7-8H2,1-4H3,(H,16,17)(H,18,19)/p-1. The monoisotopic (exact) mass is 262 g/mol. The third-order valence-electron chi connectivity index (χ3n) is 2.92. The van der Waals surface area contributed by atoms with Gasteiger partial charge in [-0.15, -0.1) is 0 Å². The lowest BCUT2D eigenvalue weighted by molar-refractivity contribution is -0.305. The van der Waals surface area contributed by atoms with Crippen molar-refractivity contribution in [3.63, 3.8) is 0 Å². The van der Waals surface area contributed by atoms with Crippen LogP contribution in [0.2, 0.25) is 0 Å². The first kappa shape index (κ1) is 15.2. The summed E-state index contributed by atoms with van der Waals surface area (Å²) in [5.41, 5.74) is 2.94. The van der Waals surface area contributed by atoms with E-state index in [-0.39, 0.29) is 24.2 Å². The van der Waals surface area contributed by atoms with Crippen molar-refractivity contribution in [1.82, 2.24) is 0 Å². The molecule has 104 valence electrons. The molecule has 0 saturated heterocycles. The summed E-state index contributed by atoms with van der Waals surface area (Å²) in [6, 6.07) is 5.86. The zero-order valence-corrected chi connectivity index (χ0v) is 11.9. The third kappa shape index (κ3) is 4.73. The Morgan fingerprint density at radius 3 is 2.32 bits per heavy atom. The van der Waals surface area contributed by atoms with Crippen molar-refractivity contribution in [2.24, 2.45) is 0 Å². The lowest BCUT2D eigenvalue weighted by Crippen LogP contribution is -2.24. The molecule has 0 spiro atoms. The maximum Gasteiger partial charge on any atom is 0.224 e. The number of amides is 1. The summed E-state index contributed by atoms with van der Waals surface area (Å²) in [7, 11) is 0. The highest BCUT2D eigenvalue weighted by molar-refractivity contribution is 5.92. The van der Waals surface area contributed by atoms with Crippen molar-refractivity contribution < 1.29 is 14.7 Å². The van der Waals surface area contributed by atoms with E-state index in [4.69, 9.17) is 0 Å². The minimum Gasteiger partial charge on any atom is -0.550 e. The molecule has 4 nitrogen and oxygen atoms in total. The number of nitrogens with one attached hydrogen (secondary N) is 1. The number of carboxylic acids is 1. The summed E-state index contributed by atoms with van der Waals surface area (Å²) >= 11 is 0. The molecule has 0 atom stereocenters. The molecule has 0 heterocycles. The topological polar surface area (TPSA) is 69.2 Å². The van der Waals surface area contributed by atoms with Gasteiger partial charge in [0.1, 0.15) is 0 Å². The lowest BCUT2D eigenvalue weighted by atomic mass is 9.86. The molecular formula is C15H20NO3-. The van der Waals surface area contributed by atoms with Crippen LogP contribution in [-0.4, -0.2) is 11.9 Å². The van der Waals surface area contributed by atoms with Gasteiger partial charge in [0.2, 0.25) is 5.91 Å². The summed E-state index contributed by atoms with van der Waals surface area (Å²) in [6.45, 7) is 8.29. The molecule has 0 aliphatic rings. The van der Waals surface area contributed by atoms with Gasteiger partial charge in [-0.3, -0.25) is 4.79 Å². The van der Waals surface area contributed by atoms with Crippen molar-refractivity contribution >= 4 is 17.6 Å². The number of benzene rings is 1. The predicted octanol–water partition coefficient (Wildman–Crippen LogP) is 1.76. The summed E-state index contributed by atoms with van der Waals surface area (Å²) in [6.07, 6.45) is -0.326. The number of carboxylic acid groups (broad SMARTS) is 1. The van der Waals surface area contributed by atoms with Crippen LogP contribution in [-0.2, 0) is 15.0 Å². The van der Waals surface area contributed by atoms with Crippen LogP contribution in [0.1, 0.15) is 44.7 Å². The van der Waals surface area contributed by atoms with E-state index in [0.29, 0.717) is 0 Å². The summed E-state index contributed by atoms with van der Waals surface area (Å²) in [4.78, 5) is 21.8. The largest absolute Gasteiger partial charge is 0.550 e. The van der Waals surface area contributed by atoms with E-state index in [1.165, 1.54) is 5.56 Å². The summed E-state index contributed by atoms with van der Waals surface area (Å²) in [5.74, 6) is -1.52. The highest BCUT2D eigenvalue weighted by atomic mass is 16.4. The molecule has 0 aliphatic heterocycles. The van der Waals surface area contributed by atoms with Crippen LogP contribution in [0.15, 0.2) is 18.2 Å². The fraction of sp³-hybridized carbons (Fsp3) is 0.467. The zero-order chi connectivity index (χ0) is 14.6. The van der Waals surface area contributed by atoms with Crippen LogP contribution in [0, 0.1) is 6.92 Å². The van der Waals surface area contributed by atoms with Gasteiger partial charge < -0.3 is 15.2 Å². The van der Waals surface area contributed by atoms with Gasteiger partial charge in [0.25, 0.3) is 0 Å². The number of anilines is 1. The minimum absolute atomic E-state index is 0.0578. The number of carbonyl (C=O) groups is 2. The zero-order valence-electron chi connectivity index (χ0n) is 11.9. The van der Waals surface area contributed by atoms with Crippen LogP contribution >= 0.6 is 0 Å². The number of hydrogen-bond donors (Lipinski definition) is 1. The Morgan fingerprint density at radius 2 is 1.84 bits per heavy atom. The Bertz CT molecular complexity index is 487. The predicted molar refractivity (Wildman–Crippen MR) is 72.7 cm³/mol. The normalized spacial score (nSPS) is 11.2. The van der Waals surface area contributed by atoms with Gasteiger partial charge in [-0.25, -0.2) is 0 Å². The number of rotatable bonds is 4. The average molecular weight is 262 g/mol. The molecular weight excluding hydrogens is 242 g/mol. The van der Waals surface area contributed by atoms with E-state index in [1.807, 2.05) is 25.1 Å². The fourth-order valence-electron chi connectivity index (χ4n) is 1.70. The Morgan fingerprint density at radius 1 is 1.21 bits per heavy atom. The van der Waals surface area contributed by atoms with Crippen LogP contribution in [0.5, 0.6) is 0 Å². The van der Waals surface area contributed by atoms with Gasteiger partial charge in [0.05, 0.1) is 0 Å². The molecule has 0 saturated carbocycles. The van der Waals surface area contributed by atoms with Gasteiger partial charge in [-0.2, -0.15) is 0 Å². The fourth-order valence-corrected chi connectivity index (χ4v) is 1.70. The van der Waals surface area contributed by atoms with Crippen LogP contribution in [0.3, 0.4) is 0 Å². The van der Waals surface area contributed by atoms with Gasteiger partial charge in [-0.05, 0) is 36.0 Å². The van der Waals surface area contributed by atoms with E-state index < -0.39 is 5.97 Å². The molecule has 1 rings (SSSR count). The molecule has 4 heteroatoms. The first-order valence-corrected chi connectivity index (χ1v) is 6.31. The molecule has 19 heavy (non-hydrogen) atoms. The SMILES string of the molecule is Cc1cc(C(C)(C)C)ccc1NC(=O)CCC(=O)[O-]. The Kier molecular flexibility index (Phi) is 4.70. The van der Waals surface area contributed by atoms with Gasteiger partial charge in [-0.1, -0.05) is 32.9 Å². The minimum atomic E-state index is -1.21. The van der Waals surface area contributed by atoms with Gasteiger partial charge >= 0.3 is 0 Å². The van der Waals surface area contributed by atoms with E-state index in [2.05, 4.69) is 26.1 Å². The molecule has 1 N–H and O–H groups in total. The molecule has 0 radical (unpaired) electrons. The number of hydrogen-bond acceptors (Lipinski definition) is 3. The first-order chi connectivity index (χ1) is 8.70. The second kappa shape index (κ2) is 5.87. The van der Waals surface area contributed by atoms with E-state index in [1.54, 1.807) is 0 Å². The van der Waals surface area contributed by atoms with Crippen molar-refractivity contribution in [3.8, 4) is 0 Å². The Balaban J connectivity index is 2.75. The van der Waals surface area contributed by atoms with E-state index >= 15 is 0 Å². The first-order valence-electron chi connectivity index (χ1n) is 6.31. The maximum atomic E-state index is 11.5. The van der Waals surface area contributed by atoms with Crippen LogP contribution in [0.4, 0.5) is 5.69 Å². The molecule has 0 unspecified atom stereocenters. The third-order valence-corrected chi connectivity index (χ3v) is 2.92. The Labute approximate surface area is 113 Å². The second-order valence-electron chi connectivity index (χ2n) is 5.70. The van der Waals surface area contributed by atoms with Crippen molar-refractivity contribution in [3.05, 3.63) is 29.3 Å². The summed E-state index contributed by atoms with van der Waals surface area (Å²) < 4.78 is 0. The number of aryl methyl sites for hydroxylation is 1. The molecule has 0 fully saturated rings. The van der Waals surface area contributed by atoms with Crippen LogP contribution < -0.4 is 10.4 Å². The molecule has 1 amide bonds. The molecule has 0 aromatic heterocycles. The number of aliphatic carboxylic acids is 1. The van der Waals surface area contributed by atoms with Crippen molar-refractivity contribution in [1.29, 1.82) is 0 Å². The van der Waals surface area contributed by atoms with Crippen LogP contribution in [0.25, 0.3) is 0 Å². The lowest BCUT2D eigenvalue weighted by Gasteiger charge is -2.20. The summed E-state index contributed by atoms with van der Waals surface area (Å²) in [5, 5.41) is 13.0. The smallest absolute Gasteiger partial charge is 0.224 e. The molecule has 0 bridgehead atoms. The quantitative estimate of drug-likeness (QED) is 0.899. The molecule has 0 aliphatic carbocycles. The highest BCUT2D eigenvalue weighted by Gasteiger charge is 2.14. The van der Waals surface area contributed by atoms with E-state index in [9.17, 15) is 14.7 Å². The molecule has 1 aromatic carbocycles. The Hall–Kier alpha value is -1.84. The highest BCUT2D eigenvalue weighted by Crippen LogP contribution is 2.26. The van der Waals surface area contributed by atoms with Crippen molar-refractivity contribution in [2.45, 2.75) is 46.0 Å². The number of carbonyl (C=O) groups excluding carboxylic acids is 2. The van der Waals surface area contributed by atoms with Crippen molar-refractivity contribution in [2.75, 3.05) is 5.32 Å². The van der Waals surface area contributed by atoms with Gasteiger partial charge in [0.15, 0.2) is 0 Å². The average Bonchev–Trinajstić information content (AvgIpc) is 2.27. The maximum absolute atomic E-state index is 11.5. The van der Waals surface area contributed by atoms with E-state index in [0.717, 1.165) is 11.3 Å². The van der Waals surface area contributed by atoms with Gasteiger partial charge in [0, 0.05) is 18.1 Å². The second-order valence-corrected chi connectivity index (χ2v) is 5.70. The molecule has 1 aromatic rings.